The topological polar surface area (TPSA) is 62.1 Å². The first-order valence-electron chi connectivity index (χ1n) is 7.84. The number of amides is 1. The van der Waals surface area contributed by atoms with E-state index in [9.17, 15) is 27.5 Å². The monoisotopic (exact) mass is 382 g/mol. The lowest BCUT2D eigenvalue weighted by Gasteiger charge is -2.32. The molecule has 1 aliphatic heterocycles. The first-order valence-corrected chi connectivity index (χ1v) is 7.84. The van der Waals surface area contributed by atoms with Crippen molar-refractivity contribution >= 4 is 11.6 Å². The third-order valence-corrected chi connectivity index (χ3v) is 3.96. The van der Waals surface area contributed by atoms with Crippen molar-refractivity contribution in [2.24, 2.45) is 5.10 Å². The summed E-state index contributed by atoms with van der Waals surface area (Å²) in [5, 5.41) is 13.9. The fourth-order valence-electron chi connectivity index (χ4n) is 2.56. The Labute approximate surface area is 151 Å². The lowest BCUT2D eigenvalue weighted by molar-refractivity contribution is -0.302. The molecule has 1 aliphatic rings. The van der Waals surface area contributed by atoms with E-state index in [0.29, 0.717) is 5.56 Å². The van der Waals surface area contributed by atoms with Crippen LogP contribution in [-0.4, -0.2) is 40.2 Å². The van der Waals surface area contributed by atoms with Crippen LogP contribution in [0, 0.1) is 5.82 Å². The number of nitrogens with zero attached hydrogens (tertiary/aromatic N) is 2. The molecular formula is C18H14F4N2O3. The van der Waals surface area contributed by atoms with Gasteiger partial charge in [-0.1, -0.05) is 30.3 Å². The summed E-state index contributed by atoms with van der Waals surface area (Å²) in [7, 11) is 0. The zero-order valence-electron chi connectivity index (χ0n) is 13.8. The molecule has 0 fully saturated rings. The molecule has 1 N–H and O–H groups in total. The van der Waals surface area contributed by atoms with Crippen molar-refractivity contribution in [2.45, 2.75) is 18.3 Å². The molecule has 0 bridgehead atoms. The lowest BCUT2D eigenvalue weighted by atomic mass is 10.0. The minimum Gasteiger partial charge on any atom is -0.484 e. The second kappa shape index (κ2) is 6.99. The summed E-state index contributed by atoms with van der Waals surface area (Å²) < 4.78 is 58.3. The van der Waals surface area contributed by atoms with Gasteiger partial charge in [0.15, 0.2) is 6.61 Å². The number of alkyl halides is 3. The van der Waals surface area contributed by atoms with Crippen LogP contribution in [0.5, 0.6) is 5.75 Å². The summed E-state index contributed by atoms with van der Waals surface area (Å²) in [6.45, 7) is -0.810. The van der Waals surface area contributed by atoms with E-state index in [4.69, 9.17) is 4.74 Å². The first-order chi connectivity index (χ1) is 12.7. The number of benzene rings is 2. The van der Waals surface area contributed by atoms with E-state index in [-0.39, 0.29) is 16.5 Å². The van der Waals surface area contributed by atoms with Gasteiger partial charge in [0.2, 0.25) is 0 Å². The number of aliphatic hydroxyl groups is 1. The maximum Gasteiger partial charge on any atom is 0.438 e. The quantitative estimate of drug-likeness (QED) is 0.827. The van der Waals surface area contributed by atoms with Gasteiger partial charge in [0.05, 0.1) is 12.1 Å². The second-order valence-electron chi connectivity index (χ2n) is 5.85. The predicted octanol–water partition coefficient (Wildman–Crippen LogP) is 3.09. The molecule has 0 aromatic heterocycles. The van der Waals surface area contributed by atoms with Crippen LogP contribution in [0.25, 0.3) is 0 Å². The number of carbonyl (C=O) groups excluding carboxylic acids is 1. The van der Waals surface area contributed by atoms with Gasteiger partial charge in [-0.2, -0.15) is 23.3 Å². The molecule has 1 atom stereocenters. The van der Waals surface area contributed by atoms with Crippen molar-refractivity contribution in [3.8, 4) is 5.75 Å². The number of hydrazone groups is 1. The Morgan fingerprint density at radius 3 is 2.37 bits per heavy atom. The highest BCUT2D eigenvalue weighted by atomic mass is 19.4. The standard InChI is InChI=1S/C18H14F4N2O3/c19-13-6-8-14(9-7-13)27-11-16(25)24-17(26,18(20,21)22)10-15(23-24)12-4-2-1-3-5-12/h1-9,26H,10-11H2/t17-/m1/s1. The number of hydrogen-bond acceptors (Lipinski definition) is 4. The van der Waals surface area contributed by atoms with Gasteiger partial charge in [-0.15, -0.1) is 0 Å². The molecule has 1 amide bonds. The zero-order chi connectivity index (χ0) is 19.7. The fraction of sp³-hybridized carbons (Fsp3) is 0.222. The molecule has 0 radical (unpaired) electrons. The molecule has 0 unspecified atom stereocenters. The van der Waals surface area contributed by atoms with E-state index in [1.807, 2.05) is 0 Å². The zero-order valence-corrected chi connectivity index (χ0v) is 13.8. The largest absolute Gasteiger partial charge is 0.484 e. The highest BCUT2D eigenvalue weighted by Crippen LogP contribution is 2.41. The van der Waals surface area contributed by atoms with Crippen molar-refractivity contribution in [3.05, 3.63) is 66.0 Å². The molecule has 0 spiro atoms. The summed E-state index contributed by atoms with van der Waals surface area (Å²) in [6, 6.07) is 12.5. The number of carbonyl (C=O) groups is 1. The Hall–Kier alpha value is -2.94. The summed E-state index contributed by atoms with van der Waals surface area (Å²) in [5.41, 5.74) is -3.19. The first kappa shape index (κ1) is 18.8. The SMILES string of the molecule is O=C(COc1ccc(F)cc1)N1N=C(c2ccccc2)C[C@@]1(O)C(F)(F)F. The summed E-state index contributed by atoms with van der Waals surface area (Å²) in [6.07, 6.45) is -6.03. The molecule has 142 valence electrons. The minimum atomic E-state index is -5.13. The lowest BCUT2D eigenvalue weighted by Crippen LogP contribution is -2.57. The molecule has 3 rings (SSSR count). The Bertz CT molecular complexity index is 853. The highest BCUT2D eigenvalue weighted by molar-refractivity contribution is 6.03. The van der Waals surface area contributed by atoms with Gasteiger partial charge in [-0.25, -0.2) is 4.39 Å². The van der Waals surface area contributed by atoms with E-state index >= 15 is 0 Å². The van der Waals surface area contributed by atoms with E-state index in [0.717, 1.165) is 12.1 Å². The minimum absolute atomic E-state index is 0.00113. The molecule has 9 heteroatoms. The number of rotatable bonds is 4. The summed E-state index contributed by atoms with van der Waals surface area (Å²) >= 11 is 0. The Morgan fingerprint density at radius 2 is 1.78 bits per heavy atom. The Kier molecular flexibility index (Phi) is 4.88. The van der Waals surface area contributed by atoms with Gasteiger partial charge < -0.3 is 9.84 Å². The third kappa shape index (κ3) is 3.77. The number of hydrogen-bond donors (Lipinski definition) is 1. The molecule has 1 heterocycles. The molecule has 0 saturated heterocycles. The molecule has 2 aromatic rings. The number of halogens is 4. The van der Waals surface area contributed by atoms with Gasteiger partial charge in [0.25, 0.3) is 11.6 Å². The van der Waals surface area contributed by atoms with Crippen LogP contribution in [0.1, 0.15) is 12.0 Å². The van der Waals surface area contributed by atoms with Gasteiger partial charge in [-0.3, -0.25) is 4.79 Å². The molecule has 0 saturated carbocycles. The van der Waals surface area contributed by atoms with Crippen molar-refractivity contribution in [2.75, 3.05) is 6.61 Å². The maximum atomic E-state index is 13.5. The summed E-state index contributed by atoms with van der Waals surface area (Å²) in [4.78, 5) is 12.3. The van der Waals surface area contributed by atoms with Gasteiger partial charge in [0.1, 0.15) is 11.6 Å². The Morgan fingerprint density at radius 1 is 1.15 bits per heavy atom. The van der Waals surface area contributed by atoms with E-state index in [1.165, 1.54) is 24.3 Å². The molecular weight excluding hydrogens is 368 g/mol. The van der Waals surface area contributed by atoms with Gasteiger partial charge in [0, 0.05) is 0 Å². The molecule has 5 nitrogen and oxygen atoms in total. The second-order valence-corrected chi connectivity index (χ2v) is 5.85. The summed E-state index contributed by atoms with van der Waals surface area (Å²) in [5.74, 6) is -1.63. The van der Waals surface area contributed by atoms with Crippen LogP contribution in [0.15, 0.2) is 59.7 Å². The van der Waals surface area contributed by atoms with E-state index in [2.05, 4.69) is 5.10 Å². The smallest absolute Gasteiger partial charge is 0.438 e. The van der Waals surface area contributed by atoms with Crippen molar-refractivity contribution in [1.82, 2.24) is 5.01 Å². The fourth-order valence-corrected chi connectivity index (χ4v) is 2.56. The van der Waals surface area contributed by atoms with Crippen LogP contribution in [0.2, 0.25) is 0 Å². The maximum absolute atomic E-state index is 13.5. The Balaban J connectivity index is 1.83. The van der Waals surface area contributed by atoms with E-state index in [1.54, 1.807) is 18.2 Å². The van der Waals surface area contributed by atoms with Gasteiger partial charge in [-0.05, 0) is 29.8 Å². The molecule has 27 heavy (non-hydrogen) atoms. The average molecular weight is 382 g/mol. The third-order valence-electron chi connectivity index (χ3n) is 3.96. The van der Waals surface area contributed by atoms with E-state index < -0.39 is 36.7 Å². The van der Waals surface area contributed by atoms with Crippen LogP contribution < -0.4 is 4.74 Å². The average Bonchev–Trinajstić information content (AvgIpc) is 3.01. The van der Waals surface area contributed by atoms with Crippen molar-refractivity contribution in [3.63, 3.8) is 0 Å². The molecule has 0 aliphatic carbocycles. The van der Waals surface area contributed by atoms with Crippen LogP contribution in [0.4, 0.5) is 17.6 Å². The van der Waals surface area contributed by atoms with Crippen LogP contribution in [0.3, 0.4) is 0 Å². The van der Waals surface area contributed by atoms with Gasteiger partial charge >= 0.3 is 6.18 Å². The van der Waals surface area contributed by atoms with Crippen LogP contribution in [-0.2, 0) is 4.79 Å². The van der Waals surface area contributed by atoms with Crippen LogP contribution >= 0.6 is 0 Å². The number of ether oxygens (including phenoxy) is 1. The predicted molar refractivity (Wildman–Crippen MR) is 87.3 cm³/mol. The molecule has 2 aromatic carbocycles. The highest BCUT2D eigenvalue weighted by Gasteiger charge is 2.63. The van der Waals surface area contributed by atoms with Crippen molar-refractivity contribution in [1.29, 1.82) is 0 Å². The van der Waals surface area contributed by atoms with Crippen molar-refractivity contribution < 1.29 is 32.2 Å². The normalized spacial score (nSPS) is 19.7.